The van der Waals surface area contributed by atoms with Crippen LogP contribution < -0.4 is 10.1 Å². The fraction of sp³-hybridized carbons (Fsp3) is 0.455. The highest BCUT2D eigenvalue weighted by atomic mass is 16.5. The van der Waals surface area contributed by atoms with E-state index in [1.54, 1.807) is 13.3 Å². The summed E-state index contributed by atoms with van der Waals surface area (Å²) >= 11 is 0. The Morgan fingerprint density at radius 3 is 2.59 bits per heavy atom. The number of ether oxygens (including phenoxy) is 2. The zero-order valence-corrected chi connectivity index (χ0v) is 17.4. The number of aliphatic imine (C=N–C) groups is 1. The van der Waals surface area contributed by atoms with E-state index >= 15 is 0 Å². The normalized spacial score (nSPS) is 15.4. The molecule has 2 aromatic rings. The van der Waals surface area contributed by atoms with Gasteiger partial charge in [-0.1, -0.05) is 36.4 Å². The molecule has 1 saturated heterocycles. The van der Waals surface area contributed by atoms with Crippen LogP contribution in [-0.4, -0.2) is 74.3 Å². The fourth-order valence-corrected chi connectivity index (χ4v) is 3.38. The van der Waals surface area contributed by atoms with Crippen LogP contribution in [-0.2, 0) is 17.8 Å². The summed E-state index contributed by atoms with van der Waals surface area (Å²) in [6.07, 6.45) is 1.74. The summed E-state index contributed by atoms with van der Waals surface area (Å²) in [4.78, 5) is 13.6. The maximum absolute atomic E-state index is 5.72. The summed E-state index contributed by atoms with van der Waals surface area (Å²) in [7, 11) is 3.49. The second-order valence-corrected chi connectivity index (χ2v) is 6.96. The van der Waals surface area contributed by atoms with Gasteiger partial charge in [0.25, 0.3) is 0 Å². The number of hydrogen-bond acceptors (Lipinski definition) is 5. The first-order valence-corrected chi connectivity index (χ1v) is 10.1. The summed E-state index contributed by atoms with van der Waals surface area (Å²) in [5, 5.41) is 3.46. The molecular weight excluding hydrogens is 366 g/mol. The molecule has 0 bridgehead atoms. The minimum absolute atomic E-state index is 0.485. The van der Waals surface area contributed by atoms with Crippen LogP contribution in [0.4, 0.5) is 0 Å². The average molecular weight is 398 g/mol. The predicted molar refractivity (Wildman–Crippen MR) is 115 cm³/mol. The Morgan fingerprint density at radius 1 is 1.07 bits per heavy atom. The molecule has 7 heteroatoms. The minimum atomic E-state index is 0.485. The lowest BCUT2D eigenvalue weighted by Gasteiger charge is -2.36. The van der Waals surface area contributed by atoms with Crippen molar-refractivity contribution in [1.29, 1.82) is 0 Å². The van der Waals surface area contributed by atoms with E-state index in [1.807, 2.05) is 19.2 Å². The van der Waals surface area contributed by atoms with Crippen LogP contribution >= 0.6 is 0 Å². The van der Waals surface area contributed by atoms with Crippen molar-refractivity contribution < 1.29 is 9.47 Å². The van der Waals surface area contributed by atoms with Crippen molar-refractivity contribution in [3.8, 4) is 5.88 Å². The molecule has 1 aromatic heterocycles. The molecule has 0 radical (unpaired) electrons. The zero-order valence-electron chi connectivity index (χ0n) is 17.4. The third kappa shape index (κ3) is 6.44. The quantitative estimate of drug-likeness (QED) is 0.418. The number of aromatic nitrogens is 1. The molecule has 7 nitrogen and oxygen atoms in total. The molecule has 0 amide bonds. The lowest BCUT2D eigenvalue weighted by atomic mass is 10.2. The molecule has 0 saturated carbocycles. The van der Waals surface area contributed by atoms with E-state index in [-0.39, 0.29) is 0 Å². The topological polar surface area (TPSA) is 62.2 Å². The first kappa shape index (κ1) is 21.1. The number of benzene rings is 1. The van der Waals surface area contributed by atoms with Crippen LogP contribution in [0.3, 0.4) is 0 Å². The van der Waals surface area contributed by atoms with E-state index in [1.165, 1.54) is 5.56 Å². The van der Waals surface area contributed by atoms with E-state index in [4.69, 9.17) is 9.47 Å². The van der Waals surface area contributed by atoms with Crippen molar-refractivity contribution in [2.75, 3.05) is 53.6 Å². The largest absolute Gasteiger partial charge is 0.475 e. The highest BCUT2D eigenvalue weighted by Gasteiger charge is 2.20. The molecule has 1 fully saturated rings. The van der Waals surface area contributed by atoms with Crippen molar-refractivity contribution >= 4 is 5.96 Å². The van der Waals surface area contributed by atoms with Gasteiger partial charge in [0.1, 0.15) is 6.61 Å². The van der Waals surface area contributed by atoms with Gasteiger partial charge >= 0.3 is 0 Å². The Labute approximate surface area is 173 Å². The third-order valence-corrected chi connectivity index (χ3v) is 4.95. The summed E-state index contributed by atoms with van der Waals surface area (Å²) in [6.45, 7) is 6.60. The highest BCUT2D eigenvalue weighted by Crippen LogP contribution is 2.14. The Kier molecular flexibility index (Phi) is 8.27. The number of hydrogen-bond donors (Lipinski definition) is 1. The molecule has 1 aliphatic rings. The lowest BCUT2D eigenvalue weighted by molar-refractivity contribution is 0.143. The molecular formula is C22H31N5O2. The Bertz CT molecular complexity index is 761. The van der Waals surface area contributed by atoms with Gasteiger partial charge in [0.15, 0.2) is 5.96 Å². The van der Waals surface area contributed by atoms with Crippen molar-refractivity contribution in [1.82, 2.24) is 20.1 Å². The average Bonchev–Trinajstić information content (AvgIpc) is 2.77. The zero-order chi connectivity index (χ0) is 20.3. The number of guanidine groups is 1. The Morgan fingerprint density at radius 2 is 1.86 bits per heavy atom. The molecule has 3 rings (SSSR count). The number of nitrogens with zero attached hydrogens (tertiary/aromatic N) is 4. The number of pyridine rings is 1. The minimum Gasteiger partial charge on any atom is -0.475 e. The molecule has 1 aromatic carbocycles. The molecule has 156 valence electrons. The van der Waals surface area contributed by atoms with Gasteiger partial charge in [-0.3, -0.25) is 9.89 Å². The van der Waals surface area contributed by atoms with E-state index in [0.717, 1.165) is 44.2 Å². The smallest absolute Gasteiger partial charge is 0.218 e. The molecule has 29 heavy (non-hydrogen) atoms. The van der Waals surface area contributed by atoms with Crippen molar-refractivity contribution in [2.24, 2.45) is 4.99 Å². The fourth-order valence-electron chi connectivity index (χ4n) is 3.38. The SMILES string of the molecule is CN=C(NCc1cccnc1OCCOC)N1CCN(Cc2ccccc2)CC1. The third-order valence-electron chi connectivity index (χ3n) is 4.95. The van der Waals surface area contributed by atoms with E-state index in [9.17, 15) is 0 Å². The molecule has 2 heterocycles. The van der Waals surface area contributed by atoms with Gasteiger partial charge in [0.2, 0.25) is 5.88 Å². The summed E-state index contributed by atoms with van der Waals surface area (Å²) < 4.78 is 10.8. The summed E-state index contributed by atoms with van der Waals surface area (Å²) in [5.41, 5.74) is 2.37. The van der Waals surface area contributed by atoms with E-state index < -0.39 is 0 Å². The van der Waals surface area contributed by atoms with Gasteiger partial charge in [-0.25, -0.2) is 4.98 Å². The van der Waals surface area contributed by atoms with Crippen LogP contribution in [0.2, 0.25) is 0 Å². The predicted octanol–water partition coefficient (Wildman–Crippen LogP) is 2.00. The maximum Gasteiger partial charge on any atom is 0.218 e. The summed E-state index contributed by atoms with van der Waals surface area (Å²) in [5.74, 6) is 1.55. The van der Waals surface area contributed by atoms with Gasteiger partial charge in [-0.15, -0.1) is 0 Å². The summed E-state index contributed by atoms with van der Waals surface area (Å²) in [6, 6.07) is 14.6. The van der Waals surface area contributed by atoms with Crippen LogP contribution in [0.15, 0.2) is 53.7 Å². The van der Waals surface area contributed by atoms with Gasteiger partial charge in [-0.2, -0.15) is 0 Å². The number of rotatable bonds is 8. The molecule has 0 unspecified atom stereocenters. The van der Waals surface area contributed by atoms with E-state index in [0.29, 0.717) is 25.6 Å². The van der Waals surface area contributed by atoms with Crippen LogP contribution in [0, 0.1) is 0 Å². The standard InChI is InChI=1S/C22H31N5O2/c1-23-22(25-17-20-9-6-10-24-21(20)29-16-15-28-2)27-13-11-26(12-14-27)18-19-7-4-3-5-8-19/h3-10H,11-18H2,1-2H3,(H,23,25). The lowest BCUT2D eigenvalue weighted by Crippen LogP contribution is -2.52. The van der Waals surface area contributed by atoms with E-state index in [2.05, 4.69) is 55.4 Å². The molecule has 0 spiro atoms. The Balaban J connectivity index is 1.49. The Hall–Kier alpha value is -2.64. The second-order valence-electron chi connectivity index (χ2n) is 6.96. The number of methoxy groups -OCH3 is 1. The van der Waals surface area contributed by atoms with Crippen LogP contribution in [0.1, 0.15) is 11.1 Å². The van der Waals surface area contributed by atoms with Crippen LogP contribution in [0.5, 0.6) is 5.88 Å². The van der Waals surface area contributed by atoms with Gasteiger partial charge in [0, 0.05) is 65.2 Å². The first-order valence-electron chi connectivity index (χ1n) is 10.1. The molecule has 1 N–H and O–H groups in total. The second kappa shape index (κ2) is 11.4. The monoisotopic (exact) mass is 397 g/mol. The molecule has 1 aliphatic heterocycles. The van der Waals surface area contributed by atoms with Crippen LogP contribution in [0.25, 0.3) is 0 Å². The molecule has 0 atom stereocenters. The number of nitrogens with one attached hydrogen (secondary N) is 1. The van der Waals surface area contributed by atoms with Crippen molar-refractivity contribution in [3.05, 3.63) is 59.8 Å². The number of piperazine rings is 1. The first-order chi connectivity index (χ1) is 14.3. The van der Waals surface area contributed by atoms with Gasteiger partial charge < -0.3 is 19.7 Å². The van der Waals surface area contributed by atoms with Gasteiger partial charge in [0.05, 0.1) is 6.61 Å². The molecule has 0 aliphatic carbocycles. The maximum atomic E-state index is 5.72. The van der Waals surface area contributed by atoms with Crippen molar-refractivity contribution in [3.63, 3.8) is 0 Å². The van der Waals surface area contributed by atoms with Crippen molar-refractivity contribution in [2.45, 2.75) is 13.1 Å². The highest BCUT2D eigenvalue weighted by molar-refractivity contribution is 5.80. The van der Waals surface area contributed by atoms with Gasteiger partial charge in [-0.05, 0) is 11.6 Å².